The van der Waals surface area contributed by atoms with Crippen LogP contribution >= 0.6 is 0 Å². The maximum absolute atomic E-state index is 8.77. The molecule has 0 amide bonds. The molecule has 0 saturated heterocycles. The lowest BCUT2D eigenvalue weighted by Crippen LogP contribution is -2.25. The molecule has 2 nitrogen and oxygen atoms in total. The van der Waals surface area contributed by atoms with Gasteiger partial charge >= 0.3 is 0 Å². The zero-order valence-corrected chi connectivity index (χ0v) is 11.0. The van der Waals surface area contributed by atoms with Gasteiger partial charge in [-0.15, -0.1) is 0 Å². The number of hydrogen-bond donors (Lipinski definition) is 1. The molecule has 1 aliphatic rings. The highest BCUT2D eigenvalue weighted by Crippen LogP contribution is 2.28. The molecule has 0 aromatic heterocycles. The zero-order chi connectivity index (χ0) is 12.8. The van der Waals surface area contributed by atoms with Gasteiger partial charge in [-0.25, -0.2) is 0 Å². The lowest BCUT2D eigenvalue weighted by Gasteiger charge is -2.20. The van der Waals surface area contributed by atoms with Gasteiger partial charge in [0.25, 0.3) is 0 Å². The van der Waals surface area contributed by atoms with Gasteiger partial charge in [0.15, 0.2) is 0 Å². The third-order valence-corrected chi connectivity index (χ3v) is 3.32. The Hall–Kier alpha value is -1.30. The molecule has 0 aliphatic heterocycles. The predicted molar refractivity (Wildman–Crippen MR) is 74.1 cm³/mol. The van der Waals surface area contributed by atoms with Crippen molar-refractivity contribution in [1.29, 1.82) is 0 Å². The van der Waals surface area contributed by atoms with Gasteiger partial charge in [-0.3, -0.25) is 4.90 Å². The summed E-state index contributed by atoms with van der Waals surface area (Å²) >= 11 is 0. The predicted octanol–water partition coefficient (Wildman–Crippen LogP) is 2.40. The Kier molecular flexibility index (Phi) is 4.81. The summed E-state index contributed by atoms with van der Waals surface area (Å²) < 4.78 is 0. The average Bonchev–Trinajstić information content (AvgIpc) is 3.22. The van der Waals surface area contributed by atoms with Crippen LogP contribution in [0.4, 0.5) is 0 Å². The summed E-state index contributed by atoms with van der Waals surface area (Å²) in [4.78, 5) is 2.52. The van der Waals surface area contributed by atoms with E-state index < -0.39 is 0 Å². The number of hydrogen-bond acceptors (Lipinski definition) is 2. The Morgan fingerprint density at radius 1 is 1.33 bits per heavy atom. The van der Waals surface area contributed by atoms with Crippen LogP contribution in [0.2, 0.25) is 0 Å². The van der Waals surface area contributed by atoms with Gasteiger partial charge in [-0.1, -0.05) is 37.0 Å². The Morgan fingerprint density at radius 3 is 2.78 bits per heavy atom. The van der Waals surface area contributed by atoms with E-state index >= 15 is 0 Å². The van der Waals surface area contributed by atoms with E-state index in [0.717, 1.165) is 24.7 Å². The molecular formula is C16H21NO. The first-order valence-electron chi connectivity index (χ1n) is 6.76. The highest BCUT2D eigenvalue weighted by molar-refractivity contribution is 5.41. The molecule has 1 aliphatic carbocycles. The average molecular weight is 243 g/mol. The van der Waals surface area contributed by atoms with E-state index in [1.807, 2.05) is 6.07 Å². The van der Waals surface area contributed by atoms with Gasteiger partial charge in [0.05, 0.1) is 6.61 Å². The van der Waals surface area contributed by atoms with Gasteiger partial charge < -0.3 is 5.11 Å². The van der Waals surface area contributed by atoms with Crippen molar-refractivity contribution in [3.8, 4) is 11.8 Å². The largest absolute Gasteiger partial charge is 0.395 e. The van der Waals surface area contributed by atoms with E-state index in [2.05, 4.69) is 41.9 Å². The first-order valence-corrected chi connectivity index (χ1v) is 6.76. The molecule has 1 aromatic rings. The SMILES string of the molecule is CCN(Cc1ccccc1C#CCCO)C1CC1. The van der Waals surface area contributed by atoms with Crippen LogP contribution in [0.5, 0.6) is 0 Å². The highest BCUT2D eigenvalue weighted by atomic mass is 16.2. The van der Waals surface area contributed by atoms with Crippen LogP contribution in [0.25, 0.3) is 0 Å². The first-order chi connectivity index (χ1) is 8.85. The first kappa shape index (κ1) is 13.1. The van der Waals surface area contributed by atoms with Crippen molar-refractivity contribution >= 4 is 0 Å². The van der Waals surface area contributed by atoms with Gasteiger partial charge in [0.2, 0.25) is 0 Å². The molecule has 0 atom stereocenters. The molecule has 0 radical (unpaired) electrons. The topological polar surface area (TPSA) is 23.5 Å². The summed E-state index contributed by atoms with van der Waals surface area (Å²) in [6.07, 6.45) is 3.23. The van der Waals surface area contributed by atoms with Crippen LogP contribution in [-0.2, 0) is 6.54 Å². The smallest absolute Gasteiger partial charge is 0.0540 e. The van der Waals surface area contributed by atoms with Crippen molar-refractivity contribution in [3.05, 3.63) is 35.4 Å². The van der Waals surface area contributed by atoms with E-state index in [1.165, 1.54) is 18.4 Å². The minimum atomic E-state index is 0.137. The second-order valence-corrected chi connectivity index (χ2v) is 4.73. The minimum absolute atomic E-state index is 0.137. The Labute approximate surface area is 110 Å². The second-order valence-electron chi connectivity index (χ2n) is 4.73. The Bertz CT molecular complexity index is 440. The van der Waals surface area contributed by atoms with Crippen molar-refractivity contribution in [3.63, 3.8) is 0 Å². The lowest BCUT2D eigenvalue weighted by atomic mass is 10.1. The van der Waals surface area contributed by atoms with Crippen molar-refractivity contribution < 1.29 is 5.11 Å². The van der Waals surface area contributed by atoms with Crippen LogP contribution in [0, 0.1) is 11.8 Å². The maximum atomic E-state index is 8.77. The van der Waals surface area contributed by atoms with Crippen LogP contribution in [0.3, 0.4) is 0 Å². The summed E-state index contributed by atoms with van der Waals surface area (Å²) in [7, 11) is 0. The Morgan fingerprint density at radius 2 is 2.11 bits per heavy atom. The fraction of sp³-hybridized carbons (Fsp3) is 0.500. The second kappa shape index (κ2) is 6.58. The number of benzene rings is 1. The van der Waals surface area contributed by atoms with E-state index in [1.54, 1.807) is 0 Å². The fourth-order valence-corrected chi connectivity index (χ4v) is 2.15. The molecule has 96 valence electrons. The maximum Gasteiger partial charge on any atom is 0.0540 e. The molecule has 2 rings (SSSR count). The summed E-state index contributed by atoms with van der Waals surface area (Å²) in [5.74, 6) is 6.18. The number of aliphatic hydroxyl groups excluding tert-OH is 1. The number of aliphatic hydroxyl groups is 1. The monoisotopic (exact) mass is 243 g/mol. The number of nitrogens with zero attached hydrogens (tertiary/aromatic N) is 1. The normalized spacial score (nSPS) is 14.4. The van der Waals surface area contributed by atoms with Gasteiger partial charge in [0, 0.05) is 24.6 Å². The minimum Gasteiger partial charge on any atom is -0.395 e. The Balaban J connectivity index is 2.09. The molecule has 18 heavy (non-hydrogen) atoms. The summed E-state index contributed by atoms with van der Waals surface area (Å²) in [5.41, 5.74) is 2.40. The molecule has 1 fully saturated rings. The van der Waals surface area contributed by atoms with E-state index in [9.17, 15) is 0 Å². The van der Waals surface area contributed by atoms with E-state index in [0.29, 0.717) is 6.42 Å². The van der Waals surface area contributed by atoms with E-state index in [-0.39, 0.29) is 6.61 Å². The van der Waals surface area contributed by atoms with Crippen molar-refractivity contribution in [2.45, 2.75) is 38.8 Å². The molecule has 1 saturated carbocycles. The third kappa shape index (κ3) is 3.60. The zero-order valence-electron chi connectivity index (χ0n) is 11.0. The fourth-order valence-electron chi connectivity index (χ4n) is 2.15. The van der Waals surface area contributed by atoms with Crippen LogP contribution in [-0.4, -0.2) is 29.2 Å². The van der Waals surface area contributed by atoms with Crippen LogP contribution < -0.4 is 0 Å². The molecular weight excluding hydrogens is 222 g/mol. The quantitative estimate of drug-likeness (QED) is 0.803. The molecule has 2 heteroatoms. The number of rotatable bonds is 5. The summed E-state index contributed by atoms with van der Waals surface area (Å²) in [5, 5.41) is 8.77. The standard InChI is InChI=1S/C16H21NO/c1-2-17(16-10-11-16)13-15-9-4-3-7-14(15)8-5-6-12-18/h3-4,7,9,16,18H,2,6,10-13H2,1H3. The van der Waals surface area contributed by atoms with Gasteiger partial charge in [-0.2, -0.15) is 0 Å². The van der Waals surface area contributed by atoms with Gasteiger partial charge in [0.1, 0.15) is 0 Å². The molecule has 1 aromatic carbocycles. The molecule has 0 spiro atoms. The molecule has 0 unspecified atom stereocenters. The molecule has 0 bridgehead atoms. The van der Waals surface area contributed by atoms with Crippen molar-refractivity contribution in [1.82, 2.24) is 4.90 Å². The van der Waals surface area contributed by atoms with E-state index in [4.69, 9.17) is 5.11 Å². The van der Waals surface area contributed by atoms with Gasteiger partial charge in [-0.05, 0) is 31.0 Å². The summed E-state index contributed by atoms with van der Waals surface area (Å²) in [6.45, 7) is 4.45. The highest BCUT2D eigenvalue weighted by Gasteiger charge is 2.27. The summed E-state index contributed by atoms with van der Waals surface area (Å²) in [6, 6.07) is 9.12. The molecule has 0 heterocycles. The van der Waals surface area contributed by atoms with Crippen LogP contribution in [0.1, 0.15) is 37.3 Å². The van der Waals surface area contributed by atoms with Crippen molar-refractivity contribution in [2.24, 2.45) is 0 Å². The van der Waals surface area contributed by atoms with Crippen molar-refractivity contribution in [2.75, 3.05) is 13.2 Å². The van der Waals surface area contributed by atoms with Crippen LogP contribution in [0.15, 0.2) is 24.3 Å². The third-order valence-electron chi connectivity index (χ3n) is 3.32. The molecule has 1 N–H and O–H groups in total. The lowest BCUT2D eigenvalue weighted by molar-refractivity contribution is 0.269.